The number of ether oxygens (including phenoxy) is 3. The third-order valence-corrected chi connectivity index (χ3v) is 5.47. The molecule has 4 rings (SSSR count). The molecular weight excluding hydrogens is 424 g/mol. The van der Waals surface area contributed by atoms with Gasteiger partial charge >= 0.3 is 0 Å². The highest BCUT2D eigenvalue weighted by atomic mass is 16.5. The van der Waals surface area contributed by atoms with Gasteiger partial charge in [-0.3, -0.25) is 4.90 Å². The predicted octanol–water partition coefficient (Wildman–Crippen LogP) is 2.53. The Labute approximate surface area is 193 Å². The van der Waals surface area contributed by atoms with Crippen LogP contribution >= 0.6 is 0 Å². The number of aryl methyl sites for hydroxylation is 1. The van der Waals surface area contributed by atoms with Crippen LogP contribution in [0.3, 0.4) is 0 Å². The van der Waals surface area contributed by atoms with E-state index in [4.69, 9.17) is 18.7 Å². The van der Waals surface area contributed by atoms with Gasteiger partial charge in [-0.15, -0.1) is 0 Å². The molecule has 2 heterocycles. The fraction of sp³-hybridized carbons (Fsp3) is 0.417. The van der Waals surface area contributed by atoms with E-state index in [1.807, 2.05) is 42.5 Å². The number of methoxy groups -OCH3 is 1. The summed E-state index contributed by atoms with van der Waals surface area (Å²) in [5.74, 6) is 2.97. The minimum atomic E-state index is -0.616. The lowest BCUT2D eigenvalue weighted by molar-refractivity contribution is 0.0647. The van der Waals surface area contributed by atoms with Gasteiger partial charge in [-0.1, -0.05) is 29.4 Å². The Morgan fingerprint density at radius 2 is 1.64 bits per heavy atom. The van der Waals surface area contributed by atoms with E-state index in [-0.39, 0.29) is 13.2 Å². The first kappa shape index (κ1) is 22.9. The van der Waals surface area contributed by atoms with Crippen LogP contribution in [0, 0.1) is 6.92 Å². The predicted molar refractivity (Wildman–Crippen MR) is 123 cm³/mol. The first-order chi connectivity index (χ1) is 16.1. The second kappa shape index (κ2) is 11.0. The molecule has 0 bridgehead atoms. The molecule has 1 aliphatic heterocycles. The maximum absolute atomic E-state index is 10.6. The van der Waals surface area contributed by atoms with Crippen molar-refractivity contribution in [2.75, 3.05) is 51.3 Å². The van der Waals surface area contributed by atoms with Crippen LogP contribution < -0.4 is 19.1 Å². The van der Waals surface area contributed by atoms with Crippen LogP contribution in [-0.2, 0) is 6.61 Å². The summed E-state index contributed by atoms with van der Waals surface area (Å²) >= 11 is 0. The summed E-state index contributed by atoms with van der Waals surface area (Å²) in [6, 6.07) is 15.4. The van der Waals surface area contributed by atoms with Crippen molar-refractivity contribution in [2.24, 2.45) is 0 Å². The third kappa shape index (κ3) is 6.15. The summed E-state index contributed by atoms with van der Waals surface area (Å²) in [5.41, 5.74) is 1.11. The number of anilines is 1. The zero-order valence-electron chi connectivity index (χ0n) is 19.0. The fourth-order valence-electron chi connectivity index (χ4n) is 3.83. The van der Waals surface area contributed by atoms with Gasteiger partial charge in [-0.05, 0) is 31.2 Å². The summed E-state index contributed by atoms with van der Waals surface area (Å²) in [5, 5.41) is 14.3. The van der Waals surface area contributed by atoms with Crippen molar-refractivity contribution in [1.82, 2.24) is 15.0 Å². The number of rotatable bonds is 10. The molecule has 33 heavy (non-hydrogen) atoms. The van der Waals surface area contributed by atoms with Crippen LogP contribution in [0.25, 0.3) is 0 Å². The lowest BCUT2D eigenvalue weighted by Gasteiger charge is -2.37. The first-order valence-electron chi connectivity index (χ1n) is 11.0. The maximum atomic E-state index is 10.6. The van der Waals surface area contributed by atoms with Gasteiger partial charge < -0.3 is 28.7 Å². The monoisotopic (exact) mass is 454 g/mol. The van der Waals surface area contributed by atoms with E-state index in [0.29, 0.717) is 29.8 Å². The SMILES string of the molecule is COc1ccccc1N1CCN(C[C@H](O)COc2ccccc2OCc2nc(C)no2)CC1. The second-order valence-electron chi connectivity index (χ2n) is 7.90. The van der Waals surface area contributed by atoms with Gasteiger partial charge in [0.25, 0.3) is 5.89 Å². The van der Waals surface area contributed by atoms with E-state index in [9.17, 15) is 5.11 Å². The molecule has 9 heteroatoms. The molecule has 9 nitrogen and oxygen atoms in total. The Hall–Kier alpha value is -3.30. The van der Waals surface area contributed by atoms with E-state index in [1.165, 1.54) is 0 Å². The molecule has 1 aromatic heterocycles. The molecule has 0 radical (unpaired) electrons. The first-order valence-corrected chi connectivity index (χ1v) is 11.0. The van der Waals surface area contributed by atoms with E-state index < -0.39 is 6.10 Å². The molecule has 3 aromatic rings. The van der Waals surface area contributed by atoms with Gasteiger partial charge in [0.2, 0.25) is 0 Å². The molecule has 1 atom stereocenters. The zero-order chi connectivity index (χ0) is 23.0. The van der Waals surface area contributed by atoms with Gasteiger partial charge in [0.15, 0.2) is 23.9 Å². The van der Waals surface area contributed by atoms with Gasteiger partial charge in [0, 0.05) is 32.7 Å². The topological polar surface area (TPSA) is 93.3 Å². The largest absolute Gasteiger partial charge is 0.495 e. The average Bonchev–Trinajstić information content (AvgIpc) is 3.27. The normalized spacial score (nSPS) is 15.3. The van der Waals surface area contributed by atoms with Crippen LogP contribution in [0.15, 0.2) is 53.1 Å². The van der Waals surface area contributed by atoms with Crippen LogP contribution in [-0.4, -0.2) is 72.7 Å². The summed E-state index contributed by atoms with van der Waals surface area (Å²) < 4.78 is 22.2. The van der Waals surface area contributed by atoms with Gasteiger partial charge in [-0.25, -0.2) is 0 Å². The molecule has 0 aliphatic carbocycles. The minimum absolute atomic E-state index is 0.153. The molecule has 1 N–H and O–H groups in total. The van der Waals surface area contributed by atoms with Crippen molar-refractivity contribution in [2.45, 2.75) is 19.6 Å². The molecule has 176 valence electrons. The standard InChI is InChI=1S/C24H30N4O5/c1-18-25-24(33-26-18)17-32-23-10-6-5-9-22(23)31-16-19(29)15-27-11-13-28(14-12-27)20-7-3-4-8-21(20)30-2/h3-10,19,29H,11-17H2,1-2H3/t19-/m0/s1. The number of para-hydroxylation sites is 4. The van der Waals surface area contributed by atoms with Crippen molar-refractivity contribution < 1.29 is 23.8 Å². The number of nitrogens with zero attached hydrogens (tertiary/aromatic N) is 4. The smallest absolute Gasteiger partial charge is 0.264 e. The quantitative estimate of drug-likeness (QED) is 0.496. The summed E-state index contributed by atoms with van der Waals surface area (Å²) in [6.07, 6.45) is -0.616. The molecule has 0 spiro atoms. The summed E-state index contributed by atoms with van der Waals surface area (Å²) in [6.45, 7) is 6.09. The van der Waals surface area contributed by atoms with Crippen LogP contribution in [0.5, 0.6) is 17.2 Å². The molecule has 0 saturated carbocycles. The molecule has 2 aromatic carbocycles. The Morgan fingerprint density at radius 1 is 0.970 bits per heavy atom. The van der Waals surface area contributed by atoms with Crippen molar-refractivity contribution in [3.8, 4) is 17.2 Å². The van der Waals surface area contributed by atoms with Crippen LogP contribution in [0.2, 0.25) is 0 Å². The van der Waals surface area contributed by atoms with Gasteiger partial charge in [-0.2, -0.15) is 4.98 Å². The van der Waals surface area contributed by atoms with Gasteiger partial charge in [0.1, 0.15) is 18.5 Å². The van der Waals surface area contributed by atoms with Gasteiger partial charge in [0.05, 0.1) is 12.8 Å². The van der Waals surface area contributed by atoms with Crippen molar-refractivity contribution in [3.05, 3.63) is 60.2 Å². The maximum Gasteiger partial charge on any atom is 0.264 e. The number of piperazine rings is 1. The molecule has 1 aliphatic rings. The van der Waals surface area contributed by atoms with E-state index >= 15 is 0 Å². The highest BCUT2D eigenvalue weighted by molar-refractivity contribution is 5.58. The fourth-order valence-corrected chi connectivity index (χ4v) is 3.83. The lowest BCUT2D eigenvalue weighted by atomic mass is 10.2. The van der Waals surface area contributed by atoms with Crippen molar-refractivity contribution in [1.29, 1.82) is 0 Å². The Kier molecular flexibility index (Phi) is 7.64. The summed E-state index contributed by atoms with van der Waals surface area (Å²) in [7, 11) is 1.70. The minimum Gasteiger partial charge on any atom is -0.495 e. The number of hydrogen-bond acceptors (Lipinski definition) is 9. The summed E-state index contributed by atoms with van der Waals surface area (Å²) in [4.78, 5) is 8.70. The second-order valence-corrected chi connectivity index (χ2v) is 7.90. The number of β-amino-alcohol motifs (C(OH)–C–C–N with tert-alkyl or cyclic N) is 1. The third-order valence-electron chi connectivity index (χ3n) is 5.47. The van der Waals surface area contributed by atoms with E-state index in [2.05, 4.69) is 26.0 Å². The number of aliphatic hydroxyl groups excluding tert-OH is 1. The Morgan fingerprint density at radius 3 is 2.30 bits per heavy atom. The van der Waals surface area contributed by atoms with Crippen LogP contribution in [0.4, 0.5) is 5.69 Å². The number of benzene rings is 2. The highest BCUT2D eigenvalue weighted by Gasteiger charge is 2.21. The Balaban J connectivity index is 1.23. The molecule has 1 fully saturated rings. The molecule has 1 saturated heterocycles. The van der Waals surface area contributed by atoms with E-state index in [0.717, 1.165) is 37.6 Å². The average molecular weight is 455 g/mol. The number of aliphatic hydroxyl groups is 1. The molecular formula is C24H30N4O5. The lowest BCUT2D eigenvalue weighted by Crippen LogP contribution is -2.49. The highest BCUT2D eigenvalue weighted by Crippen LogP contribution is 2.29. The van der Waals surface area contributed by atoms with Crippen molar-refractivity contribution in [3.63, 3.8) is 0 Å². The number of aromatic nitrogens is 2. The molecule has 0 amide bonds. The van der Waals surface area contributed by atoms with E-state index in [1.54, 1.807) is 14.0 Å². The molecule has 0 unspecified atom stereocenters. The zero-order valence-corrected chi connectivity index (χ0v) is 19.0. The Bertz CT molecular complexity index is 1020. The van der Waals surface area contributed by atoms with Crippen molar-refractivity contribution >= 4 is 5.69 Å². The van der Waals surface area contributed by atoms with Crippen LogP contribution in [0.1, 0.15) is 11.7 Å². The number of hydrogen-bond donors (Lipinski definition) is 1.